The highest BCUT2D eigenvalue weighted by Crippen LogP contribution is 2.09. The molecule has 0 aliphatic heterocycles. The van der Waals surface area contributed by atoms with Crippen LogP contribution in [0.5, 0.6) is 0 Å². The van der Waals surface area contributed by atoms with Crippen LogP contribution in [-0.4, -0.2) is 19.2 Å². The standard InChI is InChI=1S/C15H26BrNOSi/c1-7-15(16)14-10-12(2)17(13(14)3)11-18-8-9-19(4,5)6/h10H,3,7-9,11H2,1-2,4-6H3/b15-14+. The van der Waals surface area contributed by atoms with E-state index in [1.807, 2.05) is 0 Å². The molecule has 4 heteroatoms. The monoisotopic (exact) mass is 343 g/mol. The van der Waals surface area contributed by atoms with Gasteiger partial charge in [0.1, 0.15) is 6.73 Å². The Labute approximate surface area is 126 Å². The van der Waals surface area contributed by atoms with E-state index in [1.54, 1.807) is 0 Å². The molecule has 0 radical (unpaired) electrons. The molecule has 0 amide bonds. The van der Waals surface area contributed by atoms with Gasteiger partial charge < -0.3 is 9.30 Å². The van der Waals surface area contributed by atoms with Gasteiger partial charge in [-0.05, 0) is 25.5 Å². The number of halogens is 1. The maximum Gasteiger partial charge on any atom is 0.123 e. The first kappa shape index (κ1) is 16.7. The number of rotatable bonds is 6. The number of aromatic nitrogens is 1. The first-order chi connectivity index (χ1) is 8.76. The molecule has 1 aromatic heterocycles. The van der Waals surface area contributed by atoms with E-state index < -0.39 is 8.07 Å². The van der Waals surface area contributed by atoms with Crippen molar-refractivity contribution in [2.45, 2.75) is 52.7 Å². The van der Waals surface area contributed by atoms with E-state index in [0.717, 1.165) is 18.4 Å². The van der Waals surface area contributed by atoms with Crippen molar-refractivity contribution >= 4 is 35.1 Å². The largest absolute Gasteiger partial charge is 0.361 e. The van der Waals surface area contributed by atoms with Crippen LogP contribution in [0.1, 0.15) is 19.0 Å². The molecule has 1 rings (SSSR count). The summed E-state index contributed by atoms with van der Waals surface area (Å²) in [4.78, 5) is 0. The lowest BCUT2D eigenvalue weighted by Gasteiger charge is -2.16. The normalized spacial score (nSPS) is 13.8. The summed E-state index contributed by atoms with van der Waals surface area (Å²) < 4.78 is 9.18. The van der Waals surface area contributed by atoms with Crippen molar-refractivity contribution in [3.05, 3.63) is 22.3 Å². The van der Waals surface area contributed by atoms with Gasteiger partial charge >= 0.3 is 0 Å². The van der Waals surface area contributed by atoms with Crippen LogP contribution in [-0.2, 0) is 11.5 Å². The summed E-state index contributed by atoms with van der Waals surface area (Å²) in [6, 6.07) is 3.38. The Morgan fingerprint density at radius 2 is 2.05 bits per heavy atom. The van der Waals surface area contributed by atoms with E-state index in [0.29, 0.717) is 6.73 Å². The van der Waals surface area contributed by atoms with Crippen molar-refractivity contribution in [1.29, 1.82) is 0 Å². The topological polar surface area (TPSA) is 14.2 Å². The van der Waals surface area contributed by atoms with Crippen LogP contribution >= 0.6 is 15.9 Å². The summed E-state index contributed by atoms with van der Waals surface area (Å²) in [5.41, 5.74) is 1.21. The molecule has 0 atom stereocenters. The molecule has 0 aromatic carbocycles. The molecule has 0 aliphatic carbocycles. The molecule has 0 N–H and O–H groups in total. The average molecular weight is 344 g/mol. The molecule has 0 spiro atoms. The maximum atomic E-state index is 5.82. The maximum absolute atomic E-state index is 5.82. The van der Waals surface area contributed by atoms with Crippen LogP contribution in [0.25, 0.3) is 11.1 Å². The molecule has 1 aromatic rings. The molecule has 108 valence electrons. The molecule has 19 heavy (non-hydrogen) atoms. The summed E-state index contributed by atoms with van der Waals surface area (Å²) in [6.45, 7) is 17.0. The molecule has 0 saturated carbocycles. The fraction of sp³-hybridized carbons (Fsp3) is 0.600. The van der Waals surface area contributed by atoms with Crippen molar-refractivity contribution in [2.75, 3.05) is 6.61 Å². The van der Waals surface area contributed by atoms with Crippen LogP contribution in [0.3, 0.4) is 0 Å². The van der Waals surface area contributed by atoms with Gasteiger partial charge in [-0.1, -0.05) is 49.1 Å². The number of nitrogens with zero attached hydrogens (tertiary/aromatic N) is 1. The van der Waals surface area contributed by atoms with Gasteiger partial charge in [-0.15, -0.1) is 0 Å². The lowest BCUT2D eigenvalue weighted by molar-refractivity contribution is 0.0844. The predicted octanol–water partition coefficient (Wildman–Crippen LogP) is 3.43. The summed E-state index contributed by atoms with van der Waals surface area (Å²) in [5, 5.41) is 2.24. The van der Waals surface area contributed by atoms with E-state index in [1.165, 1.54) is 21.4 Å². The van der Waals surface area contributed by atoms with Crippen LogP contribution in [0.4, 0.5) is 0 Å². The van der Waals surface area contributed by atoms with Crippen molar-refractivity contribution in [3.8, 4) is 0 Å². The van der Waals surface area contributed by atoms with Gasteiger partial charge in [0.25, 0.3) is 0 Å². The molecule has 0 aliphatic rings. The molecular weight excluding hydrogens is 318 g/mol. The van der Waals surface area contributed by atoms with E-state index in [4.69, 9.17) is 4.74 Å². The minimum atomic E-state index is -1.00. The van der Waals surface area contributed by atoms with Gasteiger partial charge in [-0.25, -0.2) is 0 Å². The minimum Gasteiger partial charge on any atom is -0.361 e. The Balaban J connectivity index is 2.76. The first-order valence-corrected chi connectivity index (χ1v) is 11.4. The van der Waals surface area contributed by atoms with Crippen molar-refractivity contribution in [2.24, 2.45) is 0 Å². The van der Waals surface area contributed by atoms with Crippen LogP contribution in [0, 0.1) is 6.92 Å². The van der Waals surface area contributed by atoms with E-state index >= 15 is 0 Å². The van der Waals surface area contributed by atoms with Gasteiger partial charge in [0.15, 0.2) is 0 Å². The SMILES string of the molecule is C=c1/c(=C(/Br)CC)cc(C)n1COCC[Si](C)(C)C. The van der Waals surface area contributed by atoms with Gasteiger partial charge in [-0.3, -0.25) is 0 Å². The summed E-state index contributed by atoms with van der Waals surface area (Å²) >= 11 is 3.62. The second-order valence-corrected chi connectivity index (χ2v) is 12.8. The zero-order chi connectivity index (χ0) is 14.6. The Bertz CT molecular complexity index is 528. The lowest BCUT2D eigenvalue weighted by Crippen LogP contribution is -2.30. The van der Waals surface area contributed by atoms with Crippen molar-refractivity contribution in [3.63, 3.8) is 0 Å². The number of ether oxygens (including phenoxy) is 1. The fourth-order valence-electron chi connectivity index (χ4n) is 1.87. The highest BCUT2D eigenvalue weighted by atomic mass is 79.9. The van der Waals surface area contributed by atoms with Crippen LogP contribution < -0.4 is 10.6 Å². The molecule has 0 fully saturated rings. The van der Waals surface area contributed by atoms with Crippen molar-refractivity contribution < 1.29 is 4.74 Å². The van der Waals surface area contributed by atoms with E-state index in [9.17, 15) is 0 Å². The Kier molecular flexibility index (Phi) is 6.08. The third-order valence-corrected chi connectivity index (χ3v) is 5.93. The van der Waals surface area contributed by atoms with Crippen LogP contribution in [0.15, 0.2) is 6.07 Å². The molecule has 0 saturated heterocycles. The summed E-state index contributed by atoms with van der Waals surface area (Å²) in [6.07, 6.45) is 0.989. The predicted molar refractivity (Wildman–Crippen MR) is 90.7 cm³/mol. The number of aryl methyl sites for hydroxylation is 1. The minimum absolute atomic E-state index is 0.610. The van der Waals surface area contributed by atoms with Crippen molar-refractivity contribution in [1.82, 2.24) is 4.57 Å². The second kappa shape index (κ2) is 6.91. The molecule has 0 unspecified atom stereocenters. The highest BCUT2D eigenvalue weighted by molar-refractivity contribution is 9.14. The number of hydrogen-bond donors (Lipinski definition) is 0. The molecule has 1 heterocycles. The Hall–Kier alpha value is -0.323. The van der Waals surface area contributed by atoms with E-state index in [-0.39, 0.29) is 0 Å². The zero-order valence-corrected chi connectivity index (χ0v) is 15.4. The summed E-state index contributed by atoms with van der Waals surface area (Å²) in [7, 11) is -1.00. The Morgan fingerprint density at radius 3 is 2.58 bits per heavy atom. The third-order valence-electron chi connectivity index (χ3n) is 3.24. The second-order valence-electron chi connectivity index (χ2n) is 6.18. The fourth-order valence-corrected chi connectivity index (χ4v) is 2.97. The van der Waals surface area contributed by atoms with Gasteiger partial charge in [-0.2, -0.15) is 0 Å². The highest BCUT2D eigenvalue weighted by Gasteiger charge is 2.12. The van der Waals surface area contributed by atoms with Gasteiger partial charge in [0.05, 0.1) is 0 Å². The zero-order valence-electron chi connectivity index (χ0n) is 12.8. The summed E-state index contributed by atoms with van der Waals surface area (Å²) in [5.74, 6) is 0. The van der Waals surface area contributed by atoms with E-state index in [2.05, 4.69) is 66.6 Å². The lowest BCUT2D eigenvalue weighted by atomic mass is 10.3. The first-order valence-electron chi connectivity index (χ1n) is 6.87. The quantitative estimate of drug-likeness (QED) is 0.570. The molecule has 2 nitrogen and oxygen atoms in total. The average Bonchev–Trinajstić information content (AvgIpc) is 2.59. The molecule has 0 bridgehead atoms. The smallest absolute Gasteiger partial charge is 0.123 e. The number of hydrogen-bond acceptors (Lipinski definition) is 1. The third kappa shape index (κ3) is 4.93. The molecular formula is C15H26BrNOSi. The Morgan fingerprint density at radius 1 is 1.42 bits per heavy atom. The van der Waals surface area contributed by atoms with Crippen LogP contribution in [0.2, 0.25) is 25.7 Å². The van der Waals surface area contributed by atoms with Gasteiger partial charge in [0.2, 0.25) is 0 Å². The van der Waals surface area contributed by atoms with Gasteiger partial charge in [0, 0.05) is 35.4 Å².